The van der Waals surface area contributed by atoms with Crippen LogP contribution in [-0.4, -0.2) is 29.0 Å². The molecule has 20 heavy (non-hydrogen) atoms. The molecule has 0 bridgehead atoms. The van der Waals surface area contributed by atoms with Crippen molar-refractivity contribution in [2.24, 2.45) is 5.92 Å². The summed E-state index contributed by atoms with van der Waals surface area (Å²) in [5.74, 6) is 2.61. The standard InChI is InChI=1S/C14H19N3O2S/c1-9(2)8-17-13(15-16-14(17)20)12-10(18-3)6-5-7-11(12)19-4/h5-7,9H,8H2,1-4H3,(H,16,20). The monoisotopic (exact) mass is 293 g/mol. The van der Waals surface area contributed by atoms with Gasteiger partial charge in [0.2, 0.25) is 0 Å². The van der Waals surface area contributed by atoms with Crippen LogP contribution in [0.15, 0.2) is 18.2 Å². The summed E-state index contributed by atoms with van der Waals surface area (Å²) in [6, 6.07) is 5.65. The Morgan fingerprint density at radius 3 is 2.35 bits per heavy atom. The lowest BCUT2D eigenvalue weighted by Gasteiger charge is -2.14. The number of hydrogen-bond donors (Lipinski definition) is 1. The Morgan fingerprint density at radius 1 is 1.25 bits per heavy atom. The summed E-state index contributed by atoms with van der Waals surface area (Å²) in [5, 5.41) is 7.19. The summed E-state index contributed by atoms with van der Waals surface area (Å²) in [4.78, 5) is 0. The molecule has 0 unspecified atom stereocenters. The van der Waals surface area contributed by atoms with Crippen molar-refractivity contribution in [2.75, 3.05) is 14.2 Å². The predicted octanol–water partition coefficient (Wildman–Crippen LogP) is 3.28. The second-order valence-corrected chi connectivity index (χ2v) is 5.28. The van der Waals surface area contributed by atoms with Crippen LogP contribution in [0.3, 0.4) is 0 Å². The van der Waals surface area contributed by atoms with E-state index in [1.165, 1.54) is 0 Å². The molecular weight excluding hydrogens is 274 g/mol. The molecule has 0 aliphatic rings. The molecule has 0 aliphatic heterocycles. The maximum absolute atomic E-state index is 5.43. The van der Waals surface area contributed by atoms with Crippen LogP contribution in [0.1, 0.15) is 13.8 Å². The van der Waals surface area contributed by atoms with Crippen LogP contribution in [0.4, 0.5) is 0 Å². The first-order valence-corrected chi connectivity index (χ1v) is 6.85. The highest BCUT2D eigenvalue weighted by Crippen LogP contribution is 2.37. The third-order valence-electron chi connectivity index (χ3n) is 2.96. The molecule has 5 nitrogen and oxygen atoms in total. The first kappa shape index (κ1) is 14.6. The summed E-state index contributed by atoms with van der Waals surface area (Å²) in [5.41, 5.74) is 0.811. The molecule has 0 aliphatic carbocycles. The van der Waals surface area contributed by atoms with Crippen LogP contribution in [0.5, 0.6) is 11.5 Å². The third kappa shape index (κ3) is 2.70. The summed E-state index contributed by atoms with van der Waals surface area (Å²) in [6.45, 7) is 5.06. The van der Waals surface area contributed by atoms with Gasteiger partial charge in [0.05, 0.1) is 14.2 Å². The van der Waals surface area contributed by atoms with Crippen LogP contribution in [0.2, 0.25) is 0 Å². The molecule has 0 saturated heterocycles. The van der Waals surface area contributed by atoms with E-state index in [4.69, 9.17) is 21.7 Å². The zero-order chi connectivity index (χ0) is 14.7. The number of aromatic nitrogens is 3. The summed E-state index contributed by atoms with van der Waals surface area (Å²) >= 11 is 5.31. The molecule has 1 heterocycles. The zero-order valence-electron chi connectivity index (χ0n) is 12.1. The van der Waals surface area contributed by atoms with Crippen LogP contribution in [0, 0.1) is 10.7 Å². The van der Waals surface area contributed by atoms with E-state index in [1.807, 2.05) is 22.8 Å². The molecule has 0 amide bonds. The fourth-order valence-corrected chi connectivity index (χ4v) is 2.32. The highest BCUT2D eigenvalue weighted by Gasteiger charge is 2.19. The number of ether oxygens (including phenoxy) is 2. The summed E-state index contributed by atoms with van der Waals surface area (Å²) < 4.78 is 13.4. The lowest BCUT2D eigenvalue weighted by molar-refractivity contribution is 0.396. The number of benzene rings is 1. The van der Waals surface area contributed by atoms with Gasteiger partial charge in [-0.05, 0) is 30.3 Å². The predicted molar refractivity (Wildman–Crippen MR) is 80.8 cm³/mol. The van der Waals surface area contributed by atoms with Gasteiger partial charge < -0.3 is 9.47 Å². The van der Waals surface area contributed by atoms with Crippen molar-refractivity contribution < 1.29 is 9.47 Å². The highest BCUT2D eigenvalue weighted by molar-refractivity contribution is 7.71. The summed E-state index contributed by atoms with van der Waals surface area (Å²) in [6.07, 6.45) is 0. The average Bonchev–Trinajstić information content (AvgIpc) is 2.78. The van der Waals surface area contributed by atoms with Crippen LogP contribution < -0.4 is 9.47 Å². The van der Waals surface area contributed by atoms with E-state index in [0.29, 0.717) is 22.2 Å². The van der Waals surface area contributed by atoms with Crippen LogP contribution >= 0.6 is 12.2 Å². The van der Waals surface area contributed by atoms with E-state index in [1.54, 1.807) is 14.2 Å². The van der Waals surface area contributed by atoms with E-state index in [2.05, 4.69) is 24.0 Å². The van der Waals surface area contributed by atoms with Gasteiger partial charge in [0.15, 0.2) is 10.6 Å². The van der Waals surface area contributed by atoms with Gasteiger partial charge >= 0.3 is 0 Å². The Kier molecular flexibility index (Phi) is 4.44. The minimum absolute atomic E-state index is 0.457. The lowest BCUT2D eigenvalue weighted by Crippen LogP contribution is -2.07. The van der Waals surface area contributed by atoms with Gasteiger partial charge in [-0.15, -0.1) is 0 Å². The topological polar surface area (TPSA) is 52.1 Å². The molecule has 0 spiro atoms. The van der Waals surface area contributed by atoms with E-state index in [9.17, 15) is 0 Å². The lowest BCUT2D eigenvalue weighted by atomic mass is 10.1. The molecule has 0 saturated carbocycles. The first-order valence-electron chi connectivity index (χ1n) is 6.45. The van der Waals surface area contributed by atoms with E-state index in [0.717, 1.165) is 17.9 Å². The average molecular weight is 293 g/mol. The van der Waals surface area contributed by atoms with Crippen molar-refractivity contribution in [1.29, 1.82) is 0 Å². The number of aromatic amines is 1. The highest BCUT2D eigenvalue weighted by atomic mass is 32.1. The molecule has 0 fully saturated rings. The van der Waals surface area contributed by atoms with E-state index >= 15 is 0 Å². The Balaban J connectivity index is 2.65. The van der Waals surface area contributed by atoms with Gasteiger partial charge in [0.1, 0.15) is 17.1 Å². The molecule has 1 aromatic carbocycles. The molecule has 2 aromatic rings. The molecule has 0 atom stereocenters. The largest absolute Gasteiger partial charge is 0.496 e. The number of hydrogen-bond acceptors (Lipinski definition) is 4. The Bertz CT molecular complexity index is 624. The van der Waals surface area contributed by atoms with Crippen molar-refractivity contribution in [3.8, 4) is 22.9 Å². The molecule has 6 heteroatoms. The fourth-order valence-electron chi connectivity index (χ4n) is 2.11. The smallest absolute Gasteiger partial charge is 0.195 e. The van der Waals surface area contributed by atoms with Crippen LogP contribution in [0.25, 0.3) is 11.4 Å². The van der Waals surface area contributed by atoms with Crippen LogP contribution in [-0.2, 0) is 6.54 Å². The maximum Gasteiger partial charge on any atom is 0.195 e. The van der Waals surface area contributed by atoms with Gasteiger partial charge in [-0.3, -0.25) is 9.67 Å². The first-order chi connectivity index (χ1) is 9.58. The molecule has 0 radical (unpaired) electrons. The SMILES string of the molecule is COc1cccc(OC)c1-c1n[nH]c(=S)n1CC(C)C. The fraction of sp³-hybridized carbons (Fsp3) is 0.429. The molecule has 108 valence electrons. The van der Waals surface area contributed by atoms with Gasteiger partial charge in [0, 0.05) is 6.54 Å². The number of methoxy groups -OCH3 is 2. The van der Waals surface area contributed by atoms with Gasteiger partial charge in [0.25, 0.3) is 0 Å². The van der Waals surface area contributed by atoms with Gasteiger partial charge in [-0.1, -0.05) is 19.9 Å². The van der Waals surface area contributed by atoms with Crippen molar-refractivity contribution in [3.63, 3.8) is 0 Å². The van der Waals surface area contributed by atoms with Crippen molar-refractivity contribution in [2.45, 2.75) is 20.4 Å². The Hall–Kier alpha value is -1.82. The summed E-state index contributed by atoms with van der Waals surface area (Å²) in [7, 11) is 3.26. The number of H-pyrrole nitrogens is 1. The zero-order valence-corrected chi connectivity index (χ0v) is 13.0. The van der Waals surface area contributed by atoms with Crippen molar-refractivity contribution >= 4 is 12.2 Å². The Morgan fingerprint density at radius 2 is 1.85 bits per heavy atom. The number of nitrogens with one attached hydrogen (secondary N) is 1. The minimum atomic E-state index is 0.457. The number of rotatable bonds is 5. The second kappa shape index (κ2) is 6.09. The maximum atomic E-state index is 5.43. The van der Waals surface area contributed by atoms with E-state index < -0.39 is 0 Å². The molecule has 1 N–H and O–H groups in total. The van der Waals surface area contributed by atoms with Gasteiger partial charge in [-0.25, -0.2) is 0 Å². The Labute approximate surface area is 123 Å². The quantitative estimate of drug-likeness (QED) is 0.860. The van der Waals surface area contributed by atoms with Gasteiger partial charge in [-0.2, -0.15) is 5.10 Å². The third-order valence-corrected chi connectivity index (χ3v) is 3.27. The second-order valence-electron chi connectivity index (χ2n) is 4.89. The number of nitrogens with zero attached hydrogens (tertiary/aromatic N) is 2. The molecule has 1 aromatic heterocycles. The molecule has 2 rings (SSSR count). The van der Waals surface area contributed by atoms with E-state index in [-0.39, 0.29) is 0 Å². The normalized spacial score (nSPS) is 10.8. The van der Waals surface area contributed by atoms with Crippen molar-refractivity contribution in [3.05, 3.63) is 23.0 Å². The van der Waals surface area contributed by atoms with Crippen molar-refractivity contribution in [1.82, 2.24) is 14.8 Å². The minimum Gasteiger partial charge on any atom is -0.496 e. The molecular formula is C14H19N3O2S.